The molecule has 1 aromatic rings. The fourth-order valence-electron chi connectivity index (χ4n) is 2.14. The molecule has 2 heterocycles. The van der Waals surface area contributed by atoms with Gasteiger partial charge in [0.25, 0.3) is 0 Å². The van der Waals surface area contributed by atoms with Crippen LogP contribution in [0, 0.1) is 11.3 Å². The van der Waals surface area contributed by atoms with E-state index in [1.807, 2.05) is 0 Å². The molecule has 5 nitrogen and oxygen atoms in total. The summed E-state index contributed by atoms with van der Waals surface area (Å²) in [4.78, 5) is 14.1. The first-order chi connectivity index (χ1) is 7.86. The summed E-state index contributed by atoms with van der Waals surface area (Å²) in [5, 5.41) is 0.159. The monoisotopic (exact) mass is 255 g/mol. The van der Waals surface area contributed by atoms with Gasteiger partial charge in [-0.05, 0) is 29.4 Å². The quantitative estimate of drug-likeness (QED) is 0.831. The molecule has 2 N–H and O–H groups in total. The van der Waals surface area contributed by atoms with E-state index >= 15 is 0 Å². The molecule has 0 spiro atoms. The van der Waals surface area contributed by atoms with Gasteiger partial charge in [-0.3, -0.25) is 0 Å². The van der Waals surface area contributed by atoms with Crippen molar-refractivity contribution in [1.29, 1.82) is 0 Å². The van der Waals surface area contributed by atoms with E-state index in [2.05, 4.69) is 40.6 Å². The van der Waals surface area contributed by atoms with Crippen molar-refractivity contribution in [2.45, 2.75) is 27.2 Å². The molecule has 0 aliphatic carbocycles. The van der Waals surface area contributed by atoms with Crippen LogP contribution in [0.15, 0.2) is 0 Å². The second-order valence-corrected chi connectivity index (χ2v) is 5.90. The molecular formula is C11H18ClN5. The van der Waals surface area contributed by atoms with Crippen LogP contribution in [0.3, 0.4) is 0 Å². The highest BCUT2D eigenvalue weighted by molar-refractivity contribution is 6.28. The third kappa shape index (κ3) is 2.77. The lowest BCUT2D eigenvalue weighted by Crippen LogP contribution is -2.27. The molecule has 1 unspecified atom stereocenters. The van der Waals surface area contributed by atoms with E-state index in [-0.39, 0.29) is 11.2 Å². The molecule has 1 atom stereocenters. The van der Waals surface area contributed by atoms with E-state index in [0.717, 1.165) is 19.5 Å². The molecule has 0 bridgehead atoms. The summed E-state index contributed by atoms with van der Waals surface area (Å²) in [5.41, 5.74) is 5.88. The predicted octanol–water partition coefficient (Wildman–Crippen LogP) is 1.98. The molecule has 0 radical (unpaired) electrons. The first-order valence-corrected chi connectivity index (χ1v) is 6.16. The second kappa shape index (κ2) is 4.29. The molecule has 0 aromatic carbocycles. The van der Waals surface area contributed by atoms with E-state index in [9.17, 15) is 0 Å². The Morgan fingerprint density at radius 3 is 2.53 bits per heavy atom. The van der Waals surface area contributed by atoms with Crippen LogP contribution in [0.2, 0.25) is 5.28 Å². The molecule has 1 saturated heterocycles. The maximum atomic E-state index is 5.79. The lowest BCUT2D eigenvalue weighted by atomic mass is 9.80. The van der Waals surface area contributed by atoms with Gasteiger partial charge in [-0.1, -0.05) is 20.8 Å². The summed E-state index contributed by atoms with van der Waals surface area (Å²) in [7, 11) is 0. The fraction of sp³-hybridized carbons (Fsp3) is 0.727. The lowest BCUT2D eigenvalue weighted by Gasteiger charge is -2.26. The number of halogens is 1. The number of rotatable bonds is 1. The highest BCUT2D eigenvalue weighted by atomic mass is 35.5. The highest BCUT2D eigenvalue weighted by Crippen LogP contribution is 2.34. The molecule has 2 rings (SSSR count). The SMILES string of the molecule is CC(C)(C)C1CCN(c2nc(N)nc(Cl)n2)C1. The zero-order valence-electron chi connectivity index (χ0n) is 10.4. The number of nitrogens with zero attached hydrogens (tertiary/aromatic N) is 4. The molecule has 94 valence electrons. The van der Waals surface area contributed by atoms with E-state index in [1.165, 1.54) is 0 Å². The minimum Gasteiger partial charge on any atom is -0.368 e. The number of nitrogen functional groups attached to an aromatic ring is 1. The van der Waals surface area contributed by atoms with Crippen molar-refractivity contribution in [2.24, 2.45) is 11.3 Å². The van der Waals surface area contributed by atoms with Gasteiger partial charge in [0, 0.05) is 13.1 Å². The lowest BCUT2D eigenvalue weighted by molar-refractivity contribution is 0.263. The molecule has 1 fully saturated rings. The third-order valence-corrected chi connectivity index (χ3v) is 3.48. The summed E-state index contributed by atoms with van der Waals surface area (Å²) in [5.74, 6) is 1.41. The van der Waals surface area contributed by atoms with Crippen LogP contribution in [0.1, 0.15) is 27.2 Å². The predicted molar refractivity (Wildman–Crippen MR) is 69.0 cm³/mol. The van der Waals surface area contributed by atoms with Gasteiger partial charge in [-0.25, -0.2) is 0 Å². The maximum Gasteiger partial charge on any atom is 0.231 e. The van der Waals surface area contributed by atoms with Crippen molar-refractivity contribution in [2.75, 3.05) is 23.7 Å². The van der Waals surface area contributed by atoms with E-state index in [4.69, 9.17) is 17.3 Å². The van der Waals surface area contributed by atoms with Gasteiger partial charge >= 0.3 is 0 Å². The molecular weight excluding hydrogens is 238 g/mol. The van der Waals surface area contributed by atoms with Crippen LogP contribution in [-0.4, -0.2) is 28.0 Å². The Hall–Kier alpha value is -1.10. The van der Waals surface area contributed by atoms with Crippen LogP contribution in [-0.2, 0) is 0 Å². The molecule has 0 saturated carbocycles. The Labute approximate surface area is 106 Å². The first-order valence-electron chi connectivity index (χ1n) is 5.78. The van der Waals surface area contributed by atoms with Crippen molar-refractivity contribution < 1.29 is 0 Å². The largest absolute Gasteiger partial charge is 0.368 e. The second-order valence-electron chi connectivity index (χ2n) is 5.56. The average molecular weight is 256 g/mol. The van der Waals surface area contributed by atoms with E-state index < -0.39 is 0 Å². The Bertz CT molecular complexity index is 395. The highest BCUT2D eigenvalue weighted by Gasteiger charge is 2.33. The Morgan fingerprint density at radius 1 is 1.29 bits per heavy atom. The van der Waals surface area contributed by atoms with E-state index in [0.29, 0.717) is 17.3 Å². The number of aromatic nitrogens is 3. The van der Waals surface area contributed by atoms with Crippen LogP contribution < -0.4 is 10.6 Å². The Balaban J connectivity index is 2.15. The molecule has 6 heteroatoms. The molecule has 1 aliphatic rings. The zero-order valence-corrected chi connectivity index (χ0v) is 11.2. The summed E-state index contributed by atoms with van der Waals surface area (Å²) in [6.07, 6.45) is 1.15. The van der Waals surface area contributed by atoms with Crippen molar-refractivity contribution in [3.05, 3.63) is 5.28 Å². The number of anilines is 2. The third-order valence-electron chi connectivity index (χ3n) is 3.31. The smallest absolute Gasteiger partial charge is 0.231 e. The topological polar surface area (TPSA) is 67.9 Å². The summed E-state index contributed by atoms with van der Waals surface area (Å²) in [6, 6.07) is 0. The van der Waals surface area contributed by atoms with Gasteiger partial charge in [0.05, 0.1) is 0 Å². The van der Waals surface area contributed by atoms with Gasteiger partial charge in [-0.15, -0.1) is 0 Å². The summed E-state index contributed by atoms with van der Waals surface area (Å²) in [6.45, 7) is 8.67. The minimum atomic E-state index is 0.159. The van der Waals surface area contributed by atoms with Crippen LogP contribution >= 0.6 is 11.6 Å². The van der Waals surface area contributed by atoms with Crippen LogP contribution in [0.25, 0.3) is 0 Å². The van der Waals surface area contributed by atoms with Gasteiger partial charge < -0.3 is 10.6 Å². The molecule has 1 aliphatic heterocycles. The molecule has 17 heavy (non-hydrogen) atoms. The fourth-order valence-corrected chi connectivity index (χ4v) is 2.31. The van der Waals surface area contributed by atoms with Gasteiger partial charge in [0.15, 0.2) is 0 Å². The maximum absolute atomic E-state index is 5.79. The van der Waals surface area contributed by atoms with Crippen molar-refractivity contribution in [3.63, 3.8) is 0 Å². The number of hydrogen-bond donors (Lipinski definition) is 1. The minimum absolute atomic E-state index is 0.159. The van der Waals surface area contributed by atoms with Crippen molar-refractivity contribution in [3.8, 4) is 0 Å². The van der Waals surface area contributed by atoms with Crippen LogP contribution in [0.4, 0.5) is 11.9 Å². The van der Waals surface area contributed by atoms with Crippen molar-refractivity contribution in [1.82, 2.24) is 15.0 Å². The summed E-state index contributed by atoms with van der Waals surface area (Å²) < 4.78 is 0. The molecule has 0 amide bonds. The van der Waals surface area contributed by atoms with Gasteiger partial charge in [-0.2, -0.15) is 15.0 Å². The normalized spacial score (nSPS) is 20.9. The van der Waals surface area contributed by atoms with E-state index in [1.54, 1.807) is 0 Å². The Morgan fingerprint density at radius 2 is 2.00 bits per heavy atom. The zero-order chi connectivity index (χ0) is 12.6. The van der Waals surface area contributed by atoms with Crippen LogP contribution in [0.5, 0.6) is 0 Å². The van der Waals surface area contributed by atoms with Gasteiger partial charge in [0.2, 0.25) is 17.2 Å². The average Bonchev–Trinajstić information content (AvgIpc) is 2.63. The first kappa shape index (κ1) is 12.4. The number of nitrogens with two attached hydrogens (primary N) is 1. The summed E-state index contributed by atoms with van der Waals surface area (Å²) >= 11 is 5.79. The Kier molecular flexibility index (Phi) is 3.12. The van der Waals surface area contributed by atoms with Gasteiger partial charge in [0.1, 0.15) is 0 Å². The number of hydrogen-bond acceptors (Lipinski definition) is 5. The standard InChI is InChI=1S/C11H18ClN5/c1-11(2,3)7-4-5-17(6-7)10-15-8(12)14-9(13)16-10/h7H,4-6H2,1-3H3,(H2,13,14,15,16). The molecule has 1 aromatic heterocycles. The van der Waals surface area contributed by atoms with Crippen molar-refractivity contribution >= 4 is 23.5 Å².